The van der Waals surface area contributed by atoms with Crippen LogP contribution < -0.4 is 9.47 Å². The van der Waals surface area contributed by atoms with Gasteiger partial charge in [-0.15, -0.1) is 13.2 Å². The summed E-state index contributed by atoms with van der Waals surface area (Å²) >= 11 is 0. The van der Waals surface area contributed by atoms with Crippen LogP contribution in [0.4, 0.5) is 13.2 Å². The van der Waals surface area contributed by atoms with Gasteiger partial charge in [0.15, 0.2) is 11.5 Å². The van der Waals surface area contributed by atoms with Crippen molar-refractivity contribution in [1.82, 2.24) is 15.1 Å². The second-order valence-electron chi connectivity index (χ2n) is 6.41. The SMILES string of the molecule is COc1cc(CN(C)C(=O)c2cc(-c3ccc(OC(F)(F)F)cc3)n[nH]2)ccc1O. The summed E-state index contributed by atoms with van der Waals surface area (Å²) in [6.45, 7) is 0.257. The maximum atomic E-state index is 12.7. The number of hydrogen-bond donors (Lipinski definition) is 2. The number of carbonyl (C=O) groups excluding carboxylic acids is 1. The van der Waals surface area contributed by atoms with Gasteiger partial charge >= 0.3 is 6.36 Å². The van der Waals surface area contributed by atoms with Crippen LogP contribution in [0.15, 0.2) is 48.5 Å². The second-order valence-corrected chi connectivity index (χ2v) is 6.41. The van der Waals surface area contributed by atoms with Crippen molar-refractivity contribution in [2.24, 2.45) is 0 Å². The fourth-order valence-electron chi connectivity index (χ4n) is 2.78. The van der Waals surface area contributed by atoms with Gasteiger partial charge in [-0.3, -0.25) is 9.89 Å². The molecular formula is C20H18F3N3O4. The molecule has 0 unspecified atom stereocenters. The highest BCUT2D eigenvalue weighted by Crippen LogP contribution is 2.28. The first-order valence-corrected chi connectivity index (χ1v) is 8.69. The molecule has 158 valence electrons. The van der Waals surface area contributed by atoms with Crippen molar-refractivity contribution in [3.63, 3.8) is 0 Å². The quantitative estimate of drug-likeness (QED) is 0.629. The number of nitrogens with zero attached hydrogens (tertiary/aromatic N) is 2. The number of benzene rings is 2. The maximum Gasteiger partial charge on any atom is 0.573 e. The van der Waals surface area contributed by atoms with Crippen LogP contribution in [0.3, 0.4) is 0 Å². The van der Waals surface area contributed by atoms with Crippen molar-refractivity contribution in [2.75, 3.05) is 14.2 Å². The molecule has 0 aliphatic rings. The molecule has 1 heterocycles. The predicted octanol–water partition coefficient (Wildman–Crippen LogP) is 3.96. The topological polar surface area (TPSA) is 87.7 Å². The number of amides is 1. The molecule has 0 bridgehead atoms. The summed E-state index contributed by atoms with van der Waals surface area (Å²) in [5.41, 5.74) is 1.89. The van der Waals surface area contributed by atoms with Gasteiger partial charge in [0.05, 0.1) is 12.8 Å². The number of hydrogen-bond acceptors (Lipinski definition) is 5. The largest absolute Gasteiger partial charge is 0.573 e. The van der Waals surface area contributed by atoms with Gasteiger partial charge < -0.3 is 19.5 Å². The van der Waals surface area contributed by atoms with E-state index in [1.165, 1.54) is 48.4 Å². The molecule has 0 aliphatic carbocycles. The Hall–Kier alpha value is -3.69. The number of phenols is 1. The fourth-order valence-corrected chi connectivity index (χ4v) is 2.78. The number of phenolic OH excluding ortho intramolecular Hbond substituents is 1. The lowest BCUT2D eigenvalue weighted by Crippen LogP contribution is -2.26. The summed E-state index contributed by atoms with van der Waals surface area (Å²) < 4.78 is 45.6. The maximum absolute atomic E-state index is 12.7. The Morgan fingerprint density at radius 1 is 1.17 bits per heavy atom. The molecule has 0 spiro atoms. The van der Waals surface area contributed by atoms with Gasteiger partial charge in [-0.25, -0.2) is 0 Å². The number of methoxy groups -OCH3 is 1. The number of aromatic nitrogens is 2. The summed E-state index contributed by atoms with van der Waals surface area (Å²) in [4.78, 5) is 14.1. The van der Waals surface area contributed by atoms with E-state index in [0.29, 0.717) is 17.0 Å². The number of ether oxygens (including phenoxy) is 2. The summed E-state index contributed by atoms with van der Waals surface area (Å²) in [5.74, 6) is -0.379. The Balaban J connectivity index is 1.70. The molecule has 0 aliphatic heterocycles. The van der Waals surface area contributed by atoms with E-state index in [1.807, 2.05) is 0 Å². The monoisotopic (exact) mass is 421 g/mol. The van der Waals surface area contributed by atoms with Crippen molar-refractivity contribution in [3.05, 3.63) is 59.8 Å². The first kappa shape index (κ1) is 21.0. The van der Waals surface area contributed by atoms with Crippen LogP contribution in [0.1, 0.15) is 16.1 Å². The van der Waals surface area contributed by atoms with E-state index in [-0.39, 0.29) is 29.6 Å². The normalized spacial score (nSPS) is 11.2. The molecule has 0 fully saturated rings. The first-order valence-electron chi connectivity index (χ1n) is 8.69. The number of rotatable bonds is 6. The molecule has 0 saturated carbocycles. The van der Waals surface area contributed by atoms with Crippen LogP contribution in [-0.4, -0.2) is 46.6 Å². The highest BCUT2D eigenvalue weighted by molar-refractivity contribution is 5.93. The molecule has 3 rings (SSSR count). The van der Waals surface area contributed by atoms with E-state index in [4.69, 9.17) is 4.74 Å². The Morgan fingerprint density at radius 2 is 1.87 bits per heavy atom. The molecule has 2 aromatic carbocycles. The molecule has 0 radical (unpaired) electrons. The van der Waals surface area contributed by atoms with E-state index in [0.717, 1.165) is 5.56 Å². The molecule has 0 atom stereocenters. The van der Waals surface area contributed by atoms with Crippen molar-refractivity contribution in [3.8, 4) is 28.5 Å². The number of H-pyrrole nitrogens is 1. The molecular weight excluding hydrogens is 403 g/mol. The standard InChI is InChI=1S/C20H18F3N3O4/c1-26(11-12-3-8-17(27)18(9-12)29-2)19(28)16-10-15(24-25-16)13-4-6-14(7-5-13)30-20(21,22)23/h3-10,27H,11H2,1-2H3,(H,24,25). The average Bonchev–Trinajstić information content (AvgIpc) is 3.18. The number of aromatic hydroxyl groups is 1. The smallest absolute Gasteiger partial charge is 0.504 e. The van der Waals surface area contributed by atoms with Gasteiger partial charge in [-0.05, 0) is 48.0 Å². The van der Waals surface area contributed by atoms with Crippen LogP contribution in [0, 0.1) is 0 Å². The van der Waals surface area contributed by atoms with Crippen molar-refractivity contribution >= 4 is 5.91 Å². The molecule has 30 heavy (non-hydrogen) atoms. The minimum absolute atomic E-state index is 0.0000847. The molecule has 2 N–H and O–H groups in total. The summed E-state index contributed by atoms with van der Waals surface area (Å²) in [7, 11) is 3.03. The predicted molar refractivity (Wildman–Crippen MR) is 101 cm³/mol. The minimum Gasteiger partial charge on any atom is -0.504 e. The zero-order valence-corrected chi connectivity index (χ0v) is 16.0. The Morgan fingerprint density at radius 3 is 2.50 bits per heavy atom. The van der Waals surface area contributed by atoms with Gasteiger partial charge in [0.25, 0.3) is 5.91 Å². The summed E-state index contributed by atoms with van der Waals surface area (Å²) in [6, 6.07) is 11.5. The Kier molecular flexibility index (Phi) is 5.86. The Bertz CT molecular complexity index is 1030. The third kappa shape index (κ3) is 5.02. The van der Waals surface area contributed by atoms with Crippen molar-refractivity contribution < 1.29 is 32.5 Å². The number of carbonyl (C=O) groups is 1. The zero-order valence-electron chi connectivity index (χ0n) is 16.0. The van der Waals surface area contributed by atoms with E-state index in [9.17, 15) is 23.1 Å². The third-order valence-electron chi connectivity index (χ3n) is 4.20. The van der Waals surface area contributed by atoms with Gasteiger partial charge in [-0.2, -0.15) is 5.10 Å². The molecule has 7 nitrogen and oxygen atoms in total. The van der Waals surface area contributed by atoms with Crippen LogP contribution >= 0.6 is 0 Å². The number of halogens is 3. The lowest BCUT2D eigenvalue weighted by atomic mass is 10.1. The highest BCUT2D eigenvalue weighted by atomic mass is 19.4. The number of alkyl halides is 3. The minimum atomic E-state index is -4.76. The molecule has 3 aromatic rings. The van der Waals surface area contributed by atoms with Crippen LogP contribution in [0.25, 0.3) is 11.3 Å². The number of aromatic amines is 1. The van der Waals surface area contributed by atoms with Gasteiger partial charge in [0, 0.05) is 19.2 Å². The summed E-state index contributed by atoms with van der Waals surface area (Å²) in [5, 5.41) is 16.3. The van der Waals surface area contributed by atoms with Crippen molar-refractivity contribution in [1.29, 1.82) is 0 Å². The number of nitrogens with one attached hydrogen (secondary N) is 1. The third-order valence-corrected chi connectivity index (χ3v) is 4.20. The van der Waals surface area contributed by atoms with E-state index >= 15 is 0 Å². The van der Waals surface area contributed by atoms with E-state index < -0.39 is 6.36 Å². The van der Waals surface area contributed by atoms with Gasteiger partial charge in [-0.1, -0.05) is 6.07 Å². The zero-order chi connectivity index (χ0) is 21.9. The van der Waals surface area contributed by atoms with Crippen LogP contribution in [0.5, 0.6) is 17.2 Å². The lowest BCUT2D eigenvalue weighted by Gasteiger charge is -2.17. The highest BCUT2D eigenvalue weighted by Gasteiger charge is 2.31. The van der Waals surface area contributed by atoms with Crippen LogP contribution in [0.2, 0.25) is 0 Å². The fraction of sp³-hybridized carbons (Fsp3) is 0.200. The molecule has 10 heteroatoms. The van der Waals surface area contributed by atoms with Gasteiger partial charge in [0.2, 0.25) is 0 Å². The first-order chi connectivity index (χ1) is 14.2. The van der Waals surface area contributed by atoms with Crippen molar-refractivity contribution in [2.45, 2.75) is 12.9 Å². The molecule has 0 saturated heterocycles. The average molecular weight is 421 g/mol. The van der Waals surface area contributed by atoms with Gasteiger partial charge in [0.1, 0.15) is 11.4 Å². The Labute approximate surface area is 169 Å². The second kappa shape index (κ2) is 8.36. The van der Waals surface area contributed by atoms with E-state index in [2.05, 4.69) is 14.9 Å². The van der Waals surface area contributed by atoms with Crippen LogP contribution in [-0.2, 0) is 6.54 Å². The molecule has 1 amide bonds. The molecule has 1 aromatic heterocycles. The summed E-state index contributed by atoms with van der Waals surface area (Å²) in [6.07, 6.45) is -4.76. The lowest BCUT2D eigenvalue weighted by molar-refractivity contribution is -0.274. The van der Waals surface area contributed by atoms with E-state index in [1.54, 1.807) is 19.2 Å².